The van der Waals surface area contributed by atoms with Crippen molar-refractivity contribution in [3.8, 4) is 5.82 Å². The summed E-state index contributed by atoms with van der Waals surface area (Å²) in [6, 6.07) is 51.0. The maximum absolute atomic E-state index is 7.02. The number of nitrogens with zero attached hydrogens (tertiary/aromatic N) is 4. The molecule has 0 fully saturated rings. The lowest BCUT2D eigenvalue weighted by Gasteiger charge is -2.42. The van der Waals surface area contributed by atoms with Gasteiger partial charge in [-0.15, -0.1) is 0 Å². The second-order valence-electron chi connectivity index (χ2n) is 20.1. The summed E-state index contributed by atoms with van der Waals surface area (Å²) in [5.74, 6) is 1.59. The van der Waals surface area contributed by atoms with E-state index in [2.05, 4.69) is 218 Å². The van der Waals surface area contributed by atoms with Crippen molar-refractivity contribution >= 4 is 44.8 Å². The predicted octanol–water partition coefficient (Wildman–Crippen LogP) is 14.8. The second-order valence-corrected chi connectivity index (χ2v) is 20.1. The number of aliphatic imine (C=N–C) groups is 1. The summed E-state index contributed by atoms with van der Waals surface area (Å²) in [5.41, 5.74) is 16.0. The summed E-state index contributed by atoms with van der Waals surface area (Å²) in [6.45, 7) is 22.8. The van der Waals surface area contributed by atoms with Crippen molar-refractivity contribution in [3.63, 3.8) is 0 Å². The monoisotopic (exact) mass is 812 g/mol. The first kappa shape index (κ1) is 39.7. The number of aromatic nitrogens is 2. The number of aryl methyl sites for hydroxylation is 2. The number of fused-ring (bicyclic) bond motifs is 5. The quantitative estimate of drug-likeness (QED) is 0.174. The van der Waals surface area contributed by atoms with Crippen LogP contribution >= 0.6 is 0 Å². The Kier molecular flexibility index (Phi) is 9.15. The van der Waals surface area contributed by atoms with Gasteiger partial charge in [0.1, 0.15) is 11.9 Å². The maximum atomic E-state index is 7.02. The molecule has 0 bridgehead atoms. The largest absolute Gasteiger partial charge is 0.467 e. The maximum Gasteiger partial charge on any atom is 0.217 e. The Morgan fingerprint density at radius 2 is 1.23 bits per heavy atom. The number of rotatable bonds is 5. The minimum absolute atomic E-state index is 0.0276. The fourth-order valence-electron chi connectivity index (χ4n) is 9.65. The smallest absolute Gasteiger partial charge is 0.217 e. The second kappa shape index (κ2) is 14.3. The van der Waals surface area contributed by atoms with E-state index in [9.17, 15) is 0 Å². The zero-order valence-corrected chi connectivity index (χ0v) is 37.7. The van der Waals surface area contributed by atoms with Crippen LogP contribution in [0.15, 0.2) is 151 Å². The van der Waals surface area contributed by atoms with E-state index in [4.69, 9.17) is 14.7 Å². The molecular weight excluding hydrogens is 757 g/mol. The number of pyridine rings is 1. The van der Waals surface area contributed by atoms with Crippen LogP contribution in [-0.2, 0) is 21.0 Å². The van der Waals surface area contributed by atoms with E-state index >= 15 is 0 Å². The van der Waals surface area contributed by atoms with Crippen molar-refractivity contribution in [3.05, 3.63) is 196 Å². The molecule has 0 spiro atoms. The van der Waals surface area contributed by atoms with E-state index in [0.29, 0.717) is 5.90 Å². The third kappa shape index (κ3) is 6.61. The third-order valence-electron chi connectivity index (χ3n) is 13.2. The van der Waals surface area contributed by atoms with E-state index in [0.717, 1.165) is 44.9 Å². The third-order valence-corrected chi connectivity index (χ3v) is 13.2. The molecule has 4 heterocycles. The van der Waals surface area contributed by atoms with Gasteiger partial charge >= 0.3 is 0 Å². The van der Waals surface area contributed by atoms with Crippen LogP contribution < -0.4 is 4.90 Å². The number of benzene rings is 6. The molecular formula is C57H56N4O. The number of ether oxygens (including phenoxy) is 1. The number of hydrogen-bond acceptors (Lipinski definition) is 4. The topological polar surface area (TPSA) is 42.7 Å². The van der Waals surface area contributed by atoms with Gasteiger partial charge in [0.05, 0.1) is 22.4 Å². The molecule has 0 amide bonds. The SMILES string of the molecule is Cc1ccc2c(c1)C(C)(C)c1cc3c4cc(C)ccc4n(-c4cc(C(C)(C)C)ccn4)c3cc1N2c1cc(C2=N[C@H](c3ccccc3)[C@@H](c3ccccc3)O2)cc(C(C)(C)C)c1. The molecule has 6 aromatic carbocycles. The first-order chi connectivity index (χ1) is 29.6. The summed E-state index contributed by atoms with van der Waals surface area (Å²) in [4.78, 5) is 13.0. The first-order valence-electron chi connectivity index (χ1n) is 22.0. The van der Waals surface area contributed by atoms with E-state index < -0.39 is 0 Å². The summed E-state index contributed by atoms with van der Waals surface area (Å²) < 4.78 is 9.39. The molecule has 5 nitrogen and oxygen atoms in total. The molecule has 2 aliphatic rings. The normalized spacial score (nSPS) is 17.2. The molecule has 2 aromatic heterocycles. The van der Waals surface area contributed by atoms with Gasteiger partial charge in [0.2, 0.25) is 5.90 Å². The van der Waals surface area contributed by atoms with Gasteiger partial charge in [-0.2, -0.15) is 0 Å². The minimum atomic E-state index is -0.293. The van der Waals surface area contributed by atoms with Crippen LogP contribution in [0.1, 0.15) is 118 Å². The first-order valence-corrected chi connectivity index (χ1v) is 22.0. The molecule has 310 valence electrons. The lowest BCUT2D eigenvalue weighted by molar-refractivity contribution is 0.197. The molecule has 5 heteroatoms. The Balaban J connectivity index is 1.23. The van der Waals surface area contributed by atoms with E-state index in [-0.39, 0.29) is 28.4 Å². The fourth-order valence-corrected chi connectivity index (χ4v) is 9.65. The molecule has 0 saturated carbocycles. The van der Waals surface area contributed by atoms with Gasteiger partial charge in [0, 0.05) is 33.6 Å². The zero-order chi connectivity index (χ0) is 43.3. The van der Waals surface area contributed by atoms with Crippen LogP contribution in [0.4, 0.5) is 17.1 Å². The van der Waals surface area contributed by atoms with Gasteiger partial charge in [-0.3, -0.25) is 4.57 Å². The number of hydrogen-bond donors (Lipinski definition) is 0. The van der Waals surface area contributed by atoms with Crippen molar-refractivity contribution in [2.24, 2.45) is 4.99 Å². The Morgan fingerprint density at radius 1 is 0.581 bits per heavy atom. The Morgan fingerprint density at radius 3 is 1.94 bits per heavy atom. The zero-order valence-electron chi connectivity index (χ0n) is 37.7. The van der Waals surface area contributed by atoms with Crippen molar-refractivity contribution in [2.75, 3.05) is 4.90 Å². The van der Waals surface area contributed by atoms with Crippen LogP contribution in [0, 0.1) is 13.8 Å². The molecule has 0 saturated heterocycles. The summed E-state index contributed by atoms with van der Waals surface area (Å²) in [5, 5.41) is 2.46. The minimum Gasteiger partial charge on any atom is -0.467 e. The van der Waals surface area contributed by atoms with Gasteiger partial charge < -0.3 is 9.64 Å². The van der Waals surface area contributed by atoms with Gasteiger partial charge in [0.15, 0.2) is 6.10 Å². The van der Waals surface area contributed by atoms with Gasteiger partial charge in [0.25, 0.3) is 0 Å². The fraction of sp³-hybridized carbons (Fsp3) is 0.263. The molecule has 10 rings (SSSR count). The molecule has 62 heavy (non-hydrogen) atoms. The molecule has 8 aromatic rings. The highest BCUT2D eigenvalue weighted by atomic mass is 16.5. The van der Waals surface area contributed by atoms with Gasteiger partial charge in [-0.1, -0.05) is 145 Å². The van der Waals surface area contributed by atoms with Crippen molar-refractivity contribution < 1.29 is 4.74 Å². The number of anilines is 3. The molecule has 2 aliphatic heterocycles. The van der Waals surface area contributed by atoms with Crippen LogP contribution in [0.5, 0.6) is 0 Å². The molecule has 0 N–H and O–H groups in total. The Labute approximate surface area is 366 Å². The lowest BCUT2D eigenvalue weighted by atomic mass is 9.72. The van der Waals surface area contributed by atoms with E-state index in [1.54, 1.807) is 0 Å². The molecule has 2 atom stereocenters. The molecule has 0 unspecified atom stereocenters. The Bertz CT molecular complexity index is 3070. The van der Waals surface area contributed by atoms with Crippen LogP contribution in [0.3, 0.4) is 0 Å². The van der Waals surface area contributed by atoms with Gasteiger partial charge in [-0.25, -0.2) is 9.98 Å². The Hall–Kier alpha value is -6.46. The average Bonchev–Trinajstić information content (AvgIpc) is 3.83. The van der Waals surface area contributed by atoms with Crippen LogP contribution in [0.25, 0.3) is 27.6 Å². The van der Waals surface area contributed by atoms with E-state index in [1.807, 2.05) is 6.20 Å². The highest BCUT2D eigenvalue weighted by Gasteiger charge is 2.40. The van der Waals surface area contributed by atoms with E-state index in [1.165, 1.54) is 49.8 Å². The summed E-state index contributed by atoms with van der Waals surface area (Å²) in [7, 11) is 0. The summed E-state index contributed by atoms with van der Waals surface area (Å²) >= 11 is 0. The summed E-state index contributed by atoms with van der Waals surface area (Å²) in [6.07, 6.45) is 1.71. The molecule has 0 radical (unpaired) electrons. The van der Waals surface area contributed by atoms with Gasteiger partial charge in [-0.05, 0) is 119 Å². The lowest BCUT2D eigenvalue weighted by Crippen LogP contribution is -2.31. The van der Waals surface area contributed by atoms with Crippen molar-refractivity contribution in [1.29, 1.82) is 0 Å². The van der Waals surface area contributed by atoms with Crippen LogP contribution in [0.2, 0.25) is 0 Å². The standard InChI is InChI=1S/C57H56N4O/c1-35-21-23-47-43(27-35)44-33-46-50(34-49(44)61(47)51-32-40(25-26-58-51)55(3,4)5)60(48-24-22-36(2)28-45(48)57(46,9)10)42-30-39(29-41(31-42)56(6,7)8)54-59-52(37-17-13-11-14-18-37)53(62-54)38-19-15-12-16-20-38/h11-34,52-53H,1-10H3/t52-,53-/m1/s1. The predicted molar refractivity (Wildman–Crippen MR) is 258 cm³/mol. The molecule has 0 aliphatic carbocycles. The van der Waals surface area contributed by atoms with Crippen LogP contribution in [-0.4, -0.2) is 15.4 Å². The van der Waals surface area contributed by atoms with Crippen molar-refractivity contribution in [2.45, 2.75) is 97.6 Å². The highest BCUT2D eigenvalue weighted by Crippen LogP contribution is 2.55. The average molecular weight is 813 g/mol. The van der Waals surface area contributed by atoms with Crippen molar-refractivity contribution in [1.82, 2.24) is 9.55 Å². The highest BCUT2D eigenvalue weighted by molar-refractivity contribution is 6.12.